The van der Waals surface area contributed by atoms with E-state index in [1.165, 1.54) is 30.5 Å². The molecule has 0 fully saturated rings. The Balaban J connectivity index is 2.10. The minimum absolute atomic E-state index is 0.131. The Bertz CT molecular complexity index is 572. The monoisotopic (exact) mass is 270 g/mol. The summed E-state index contributed by atoms with van der Waals surface area (Å²) in [6.07, 6.45) is 4.61. The lowest BCUT2D eigenvalue weighted by atomic mass is 10.00. The Labute approximate surface area is 119 Å². The third-order valence-electron chi connectivity index (χ3n) is 3.40. The topological polar surface area (TPSA) is 17.1 Å². The van der Waals surface area contributed by atoms with E-state index in [1.807, 2.05) is 12.1 Å². The molecule has 0 heterocycles. The first-order chi connectivity index (χ1) is 9.72. The molecular weight excluding hydrogens is 251 g/mol. The SMILES string of the molecule is CCCCCc1ccc(C(=O)c2ccccc2F)cc1. The molecular formula is C18H19FO. The zero-order chi connectivity index (χ0) is 14.4. The van der Waals surface area contributed by atoms with Crippen molar-refractivity contribution in [2.75, 3.05) is 0 Å². The Kier molecular flexibility index (Phi) is 5.05. The fraction of sp³-hybridized carbons (Fsp3) is 0.278. The molecule has 2 rings (SSSR count). The number of benzene rings is 2. The zero-order valence-electron chi connectivity index (χ0n) is 11.7. The van der Waals surface area contributed by atoms with Crippen LogP contribution in [0.2, 0.25) is 0 Å². The van der Waals surface area contributed by atoms with Gasteiger partial charge in [0.1, 0.15) is 5.82 Å². The van der Waals surface area contributed by atoms with E-state index in [1.54, 1.807) is 24.3 Å². The maximum Gasteiger partial charge on any atom is 0.195 e. The van der Waals surface area contributed by atoms with Gasteiger partial charge in [-0.3, -0.25) is 4.79 Å². The summed E-state index contributed by atoms with van der Waals surface area (Å²) in [4.78, 5) is 12.2. The average Bonchev–Trinajstić information content (AvgIpc) is 2.48. The van der Waals surface area contributed by atoms with Crippen LogP contribution in [0.1, 0.15) is 47.7 Å². The molecule has 0 aliphatic carbocycles. The summed E-state index contributed by atoms with van der Waals surface area (Å²) in [6.45, 7) is 2.18. The average molecular weight is 270 g/mol. The van der Waals surface area contributed by atoms with Crippen LogP contribution in [0.25, 0.3) is 0 Å². The molecule has 0 unspecified atom stereocenters. The number of halogens is 1. The third kappa shape index (κ3) is 3.53. The molecule has 1 nitrogen and oxygen atoms in total. The number of hydrogen-bond acceptors (Lipinski definition) is 1. The first kappa shape index (κ1) is 14.4. The predicted octanol–water partition coefficient (Wildman–Crippen LogP) is 4.79. The van der Waals surface area contributed by atoms with Crippen LogP contribution in [-0.2, 0) is 6.42 Å². The van der Waals surface area contributed by atoms with Gasteiger partial charge >= 0.3 is 0 Å². The molecule has 2 aromatic carbocycles. The second kappa shape index (κ2) is 6.99. The summed E-state index contributed by atoms with van der Waals surface area (Å²) < 4.78 is 13.6. The van der Waals surface area contributed by atoms with Crippen LogP contribution in [0.4, 0.5) is 4.39 Å². The summed E-state index contributed by atoms with van der Waals surface area (Å²) in [6, 6.07) is 13.6. The van der Waals surface area contributed by atoms with Gasteiger partial charge in [-0.15, -0.1) is 0 Å². The molecule has 0 saturated heterocycles. The number of ketones is 1. The molecule has 0 radical (unpaired) electrons. The normalized spacial score (nSPS) is 10.5. The summed E-state index contributed by atoms with van der Waals surface area (Å²) in [5.41, 5.74) is 1.89. The van der Waals surface area contributed by atoms with Gasteiger partial charge in [-0.1, -0.05) is 56.2 Å². The molecule has 0 aromatic heterocycles. The second-order valence-corrected chi connectivity index (χ2v) is 4.96. The van der Waals surface area contributed by atoms with Gasteiger partial charge in [0.25, 0.3) is 0 Å². The number of carbonyl (C=O) groups is 1. The summed E-state index contributed by atoms with van der Waals surface area (Å²) >= 11 is 0. The van der Waals surface area contributed by atoms with Crippen molar-refractivity contribution in [1.29, 1.82) is 0 Å². The van der Waals surface area contributed by atoms with Crippen LogP contribution in [0.5, 0.6) is 0 Å². The van der Waals surface area contributed by atoms with E-state index in [-0.39, 0.29) is 11.3 Å². The van der Waals surface area contributed by atoms with Crippen LogP contribution in [0, 0.1) is 5.82 Å². The van der Waals surface area contributed by atoms with E-state index in [4.69, 9.17) is 0 Å². The van der Waals surface area contributed by atoms with Crippen molar-refractivity contribution in [1.82, 2.24) is 0 Å². The number of hydrogen-bond donors (Lipinski definition) is 0. The smallest absolute Gasteiger partial charge is 0.195 e. The molecule has 20 heavy (non-hydrogen) atoms. The number of carbonyl (C=O) groups excluding carboxylic acids is 1. The van der Waals surface area contributed by atoms with Gasteiger partial charge in [0.05, 0.1) is 5.56 Å². The van der Waals surface area contributed by atoms with Crippen molar-refractivity contribution < 1.29 is 9.18 Å². The molecule has 2 heteroatoms. The van der Waals surface area contributed by atoms with E-state index in [9.17, 15) is 9.18 Å². The minimum Gasteiger partial charge on any atom is -0.288 e. The zero-order valence-corrected chi connectivity index (χ0v) is 11.7. The lowest BCUT2D eigenvalue weighted by Crippen LogP contribution is -2.04. The summed E-state index contributed by atoms with van der Waals surface area (Å²) in [5, 5.41) is 0. The molecule has 2 aromatic rings. The molecule has 0 aliphatic heterocycles. The Hall–Kier alpha value is -1.96. The number of rotatable bonds is 6. The molecule has 0 saturated carbocycles. The molecule has 0 bridgehead atoms. The Morgan fingerprint density at radius 2 is 1.70 bits per heavy atom. The maximum absolute atomic E-state index is 13.6. The molecule has 0 N–H and O–H groups in total. The first-order valence-corrected chi connectivity index (χ1v) is 7.10. The first-order valence-electron chi connectivity index (χ1n) is 7.10. The van der Waals surface area contributed by atoms with Gasteiger partial charge < -0.3 is 0 Å². The number of aryl methyl sites for hydroxylation is 1. The van der Waals surface area contributed by atoms with E-state index in [2.05, 4.69) is 6.92 Å². The van der Waals surface area contributed by atoms with Crippen molar-refractivity contribution in [3.8, 4) is 0 Å². The highest BCUT2D eigenvalue weighted by molar-refractivity contribution is 6.09. The van der Waals surface area contributed by atoms with Crippen molar-refractivity contribution >= 4 is 5.78 Å². The van der Waals surface area contributed by atoms with Crippen molar-refractivity contribution in [3.05, 3.63) is 71.0 Å². The van der Waals surface area contributed by atoms with Gasteiger partial charge in [0.2, 0.25) is 0 Å². The summed E-state index contributed by atoms with van der Waals surface area (Å²) in [5.74, 6) is -0.729. The van der Waals surface area contributed by atoms with Crippen LogP contribution in [0.3, 0.4) is 0 Å². The lowest BCUT2D eigenvalue weighted by Gasteiger charge is -2.05. The van der Waals surface area contributed by atoms with Gasteiger partial charge in [-0.05, 0) is 30.5 Å². The van der Waals surface area contributed by atoms with E-state index in [0.717, 1.165) is 12.8 Å². The Morgan fingerprint density at radius 3 is 2.35 bits per heavy atom. The summed E-state index contributed by atoms with van der Waals surface area (Å²) in [7, 11) is 0. The maximum atomic E-state index is 13.6. The van der Waals surface area contributed by atoms with Crippen molar-refractivity contribution in [2.24, 2.45) is 0 Å². The fourth-order valence-electron chi connectivity index (χ4n) is 2.20. The molecule has 104 valence electrons. The number of unbranched alkanes of at least 4 members (excludes halogenated alkanes) is 2. The van der Waals surface area contributed by atoms with E-state index >= 15 is 0 Å². The highest BCUT2D eigenvalue weighted by Gasteiger charge is 2.12. The standard InChI is InChI=1S/C18H19FO/c1-2-3-4-7-14-10-12-15(13-11-14)18(20)16-8-5-6-9-17(16)19/h5-6,8-13H,2-4,7H2,1H3. The van der Waals surface area contributed by atoms with E-state index in [0.29, 0.717) is 5.56 Å². The van der Waals surface area contributed by atoms with Crippen molar-refractivity contribution in [2.45, 2.75) is 32.6 Å². The van der Waals surface area contributed by atoms with Gasteiger partial charge in [0.15, 0.2) is 5.78 Å². The molecule has 0 aliphatic rings. The molecule has 0 atom stereocenters. The minimum atomic E-state index is -0.468. The Morgan fingerprint density at radius 1 is 1.00 bits per heavy atom. The lowest BCUT2D eigenvalue weighted by molar-refractivity contribution is 0.103. The van der Waals surface area contributed by atoms with Gasteiger partial charge in [-0.25, -0.2) is 4.39 Å². The van der Waals surface area contributed by atoms with Crippen molar-refractivity contribution in [3.63, 3.8) is 0 Å². The molecule has 0 amide bonds. The predicted molar refractivity (Wildman–Crippen MR) is 79.5 cm³/mol. The third-order valence-corrected chi connectivity index (χ3v) is 3.40. The van der Waals surface area contributed by atoms with Crippen LogP contribution in [-0.4, -0.2) is 5.78 Å². The highest BCUT2D eigenvalue weighted by Crippen LogP contribution is 2.15. The van der Waals surface area contributed by atoms with Crippen LogP contribution >= 0.6 is 0 Å². The quantitative estimate of drug-likeness (QED) is 0.545. The fourth-order valence-corrected chi connectivity index (χ4v) is 2.20. The van der Waals surface area contributed by atoms with Gasteiger partial charge in [-0.2, -0.15) is 0 Å². The molecule has 0 spiro atoms. The second-order valence-electron chi connectivity index (χ2n) is 4.96. The van der Waals surface area contributed by atoms with Gasteiger partial charge in [0, 0.05) is 5.56 Å². The van der Waals surface area contributed by atoms with Crippen LogP contribution in [0.15, 0.2) is 48.5 Å². The van der Waals surface area contributed by atoms with E-state index < -0.39 is 5.82 Å². The highest BCUT2D eigenvalue weighted by atomic mass is 19.1. The van der Waals surface area contributed by atoms with Crippen LogP contribution < -0.4 is 0 Å². The largest absolute Gasteiger partial charge is 0.288 e.